The first-order chi connectivity index (χ1) is 16.0. The van der Waals surface area contributed by atoms with Gasteiger partial charge in [-0.05, 0) is 0 Å². The summed E-state index contributed by atoms with van der Waals surface area (Å²) in [7, 11) is 0. The molecule has 3 aliphatic heterocycles. The maximum atomic E-state index is 10.6. The molecule has 3 aliphatic rings. The first-order valence-corrected chi connectivity index (χ1v) is 10.6. The summed E-state index contributed by atoms with van der Waals surface area (Å²) >= 11 is 0. The third-order valence-corrected chi connectivity index (χ3v) is 6.09. The molecule has 0 aliphatic carbocycles. The molecule has 0 spiro atoms. The van der Waals surface area contributed by atoms with Crippen molar-refractivity contribution in [2.75, 3.05) is 19.8 Å². The Kier molecular flexibility index (Phi) is 9.54. The molecule has 0 saturated carbocycles. The Morgan fingerprint density at radius 2 is 0.853 bits per heavy atom. The maximum Gasteiger partial charge on any atom is 0.187 e. The molecule has 16 nitrogen and oxygen atoms in total. The van der Waals surface area contributed by atoms with Crippen LogP contribution in [0.5, 0.6) is 0 Å². The van der Waals surface area contributed by atoms with E-state index in [1.165, 1.54) is 0 Å². The van der Waals surface area contributed by atoms with E-state index in [0.29, 0.717) is 0 Å². The van der Waals surface area contributed by atoms with Crippen molar-refractivity contribution in [2.45, 2.75) is 92.1 Å². The fourth-order valence-electron chi connectivity index (χ4n) is 4.06. The normalized spacial score (nSPS) is 52.5. The highest BCUT2D eigenvalue weighted by Crippen LogP contribution is 2.32. The number of rotatable bonds is 7. The first kappa shape index (κ1) is 27.9. The van der Waals surface area contributed by atoms with Gasteiger partial charge in [0, 0.05) is 0 Å². The van der Waals surface area contributed by atoms with Crippen LogP contribution in [0.1, 0.15) is 0 Å². The Bertz CT molecular complexity index is 635. The van der Waals surface area contributed by atoms with E-state index < -0.39 is 112 Å². The third kappa shape index (κ3) is 5.37. The van der Waals surface area contributed by atoms with Crippen LogP contribution in [0.2, 0.25) is 0 Å². The summed E-state index contributed by atoms with van der Waals surface area (Å²) < 4.78 is 26.4. The fourth-order valence-corrected chi connectivity index (χ4v) is 4.06. The second-order valence-electron chi connectivity index (χ2n) is 8.33. The van der Waals surface area contributed by atoms with Crippen LogP contribution in [0.25, 0.3) is 0 Å². The van der Waals surface area contributed by atoms with Crippen molar-refractivity contribution in [3.8, 4) is 0 Å². The van der Waals surface area contributed by atoms with E-state index in [-0.39, 0.29) is 0 Å². The van der Waals surface area contributed by atoms with Gasteiger partial charge in [0.15, 0.2) is 18.9 Å². The van der Waals surface area contributed by atoms with Crippen LogP contribution in [0.15, 0.2) is 0 Å². The third-order valence-electron chi connectivity index (χ3n) is 6.09. The largest absolute Gasteiger partial charge is 0.394 e. The molecule has 3 rings (SSSR count). The highest BCUT2D eigenvalue weighted by Gasteiger charge is 2.53. The molecule has 16 heteroatoms. The lowest BCUT2D eigenvalue weighted by atomic mass is 9.96. The van der Waals surface area contributed by atoms with E-state index in [0.717, 1.165) is 0 Å². The Hall–Kier alpha value is -0.640. The zero-order valence-electron chi connectivity index (χ0n) is 17.7. The fraction of sp³-hybridized carbons (Fsp3) is 1.00. The Labute approximate surface area is 192 Å². The molecule has 0 bridgehead atoms. The zero-order chi connectivity index (χ0) is 25.3. The van der Waals surface area contributed by atoms with Gasteiger partial charge in [0.2, 0.25) is 0 Å². The minimum atomic E-state index is -1.91. The van der Waals surface area contributed by atoms with Crippen LogP contribution in [0, 0.1) is 0 Å². The lowest BCUT2D eigenvalue weighted by Crippen LogP contribution is -2.66. The van der Waals surface area contributed by atoms with Gasteiger partial charge < -0.3 is 79.9 Å². The molecular formula is C18H32O16. The topological polar surface area (TPSA) is 269 Å². The smallest absolute Gasteiger partial charge is 0.187 e. The quantitative estimate of drug-likeness (QED) is 0.154. The molecule has 0 aromatic heterocycles. The van der Waals surface area contributed by atoms with Crippen molar-refractivity contribution in [3.05, 3.63) is 0 Å². The molecule has 200 valence electrons. The van der Waals surface area contributed by atoms with Gasteiger partial charge in [0.25, 0.3) is 0 Å². The van der Waals surface area contributed by atoms with E-state index >= 15 is 0 Å². The number of ether oxygens (including phenoxy) is 5. The molecule has 3 fully saturated rings. The molecule has 3 saturated heterocycles. The molecular weight excluding hydrogens is 472 g/mol. The summed E-state index contributed by atoms with van der Waals surface area (Å²) in [6.07, 6.45) is -25.1. The molecule has 3 heterocycles. The van der Waals surface area contributed by atoms with E-state index in [9.17, 15) is 56.2 Å². The standard InChI is InChI=1S/C18H32O16/c19-1-4-7(22)8(23)12(27)17(31-4)34-15-6(3-21)32-18(13(28)10(15)25)33-14-5(2-20)30-16(29)11(26)9(14)24/h4-29H,1-3H2/t4-,5-,6-,7-,8+,9-,10-,11-,12-,13-,14-,15-,16+,17-,18-/m0/s1. The van der Waals surface area contributed by atoms with Crippen LogP contribution >= 0.6 is 0 Å². The van der Waals surface area contributed by atoms with Crippen LogP contribution in [-0.2, 0) is 23.7 Å². The first-order valence-electron chi connectivity index (χ1n) is 10.6. The van der Waals surface area contributed by atoms with Gasteiger partial charge in [-0.25, -0.2) is 0 Å². The number of hydrogen-bond acceptors (Lipinski definition) is 16. The molecule has 0 aromatic rings. The molecule has 0 amide bonds. The van der Waals surface area contributed by atoms with Gasteiger partial charge in [-0.15, -0.1) is 0 Å². The lowest BCUT2D eigenvalue weighted by molar-refractivity contribution is -0.377. The minimum absolute atomic E-state index is 0.741. The van der Waals surface area contributed by atoms with Gasteiger partial charge in [-0.3, -0.25) is 0 Å². The van der Waals surface area contributed by atoms with Gasteiger partial charge >= 0.3 is 0 Å². The van der Waals surface area contributed by atoms with Crippen molar-refractivity contribution in [3.63, 3.8) is 0 Å². The summed E-state index contributed by atoms with van der Waals surface area (Å²) in [5.41, 5.74) is 0. The second-order valence-corrected chi connectivity index (χ2v) is 8.33. The maximum absolute atomic E-state index is 10.6. The predicted molar refractivity (Wildman–Crippen MR) is 101 cm³/mol. The Morgan fingerprint density at radius 3 is 1.35 bits per heavy atom. The van der Waals surface area contributed by atoms with Crippen LogP contribution in [0.4, 0.5) is 0 Å². The Balaban J connectivity index is 1.72. The van der Waals surface area contributed by atoms with Crippen LogP contribution < -0.4 is 0 Å². The molecule has 0 unspecified atom stereocenters. The van der Waals surface area contributed by atoms with E-state index in [4.69, 9.17) is 23.7 Å². The molecule has 34 heavy (non-hydrogen) atoms. The summed E-state index contributed by atoms with van der Waals surface area (Å²) in [4.78, 5) is 0. The highest BCUT2D eigenvalue weighted by molar-refractivity contribution is 4.96. The van der Waals surface area contributed by atoms with Crippen molar-refractivity contribution in [1.29, 1.82) is 0 Å². The van der Waals surface area contributed by atoms with Crippen molar-refractivity contribution in [2.24, 2.45) is 0 Å². The van der Waals surface area contributed by atoms with Gasteiger partial charge in [-0.2, -0.15) is 0 Å². The number of aliphatic hydroxyl groups excluding tert-OH is 11. The average molecular weight is 504 g/mol. The highest BCUT2D eigenvalue weighted by atomic mass is 16.8. The van der Waals surface area contributed by atoms with Crippen LogP contribution in [-0.4, -0.2) is 168 Å². The van der Waals surface area contributed by atoms with Gasteiger partial charge in [0.05, 0.1) is 19.8 Å². The summed E-state index contributed by atoms with van der Waals surface area (Å²) in [5, 5.41) is 109. The SMILES string of the molecule is OC[C@@H]1O[C@@H](O[C@@H]2[C@@H](O)[C@H](O)[C@H](O[C@@H]3[C@@H](O)[C@H](O)[C@H](O)O[C@H]3CO)O[C@H]2CO)[C@@H](O)[C@H](O)[C@H]1O. The lowest BCUT2D eigenvalue weighted by Gasteiger charge is -2.47. The minimum Gasteiger partial charge on any atom is -0.394 e. The zero-order valence-corrected chi connectivity index (χ0v) is 17.7. The molecule has 15 atom stereocenters. The predicted octanol–water partition coefficient (Wildman–Crippen LogP) is -7.57. The van der Waals surface area contributed by atoms with Crippen molar-refractivity contribution in [1.82, 2.24) is 0 Å². The van der Waals surface area contributed by atoms with E-state index in [2.05, 4.69) is 0 Å². The summed E-state index contributed by atoms with van der Waals surface area (Å²) in [5.74, 6) is 0. The van der Waals surface area contributed by atoms with E-state index in [1.807, 2.05) is 0 Å². The number of hydrogen-bond donors (Lipinski definition) is 11. The monoisotopic (exact) mass is 504 g/mol. The average Bonchev–Trinajstić information content (AvgIpc) is 2.83. The Morgan fingerprint density at radius 1 is 0.441 bits per heavy atom. The molecule has 11 N–H and O–H groups in total. The van der Waals surface area contributed by atoms with Crippen molar-refractivity contribution < 1.29 is 79.9 Å². The second kappa shape index (κ2) is 11.6. The summed E-state index contributed by atoms with van der Waals surface area (Å²) in [6.45, 7) is -2.32. The number of aliphatic hydroxyl groups is 11. The van der Waals surface area contributed by atoms with Crippen LogP contribution in [0.3, 0.4) is 0 Å². The van der Waals surface area contributed by atoms with Crippen molar-refractivity contribution >= 4 is 0 Å². The molecule has 0 aromatic carbocycles. The van der Waals surface area contributed by atoms with Gasteiger partial charge in [0.1, 0.15) is 73.2 Å². The van der Waals surface area contributed by atoms with Gasteiger partial charge in [-0.1, -0.05) is 0 Å². The molecule has 0 radical (unpaired) electrons. The van der Waals surface area contributed by atoms with E-state index in [1.54, 1.807) is 0 Å². The summed E-state index contributed by atoms with van der Waals surface area (Å²) in [6, 6.07) is 0.